The second-order valence-electron chi connectivity index (χ2n) is 6.05. The van der Waals surface area contributed by atoms with Gasteiger partial charge in [0.05, 0.1) is 0 Å². The number of aryl methyl sites for hydroxylation is 1. The van der Waals surface area contributed by atoms with E-state index in [1.165, 1.54) is 11.1 Å². The van der Waals surface area contributed by atoms with Gasteiger partial charge in [-0.1, -0.05) is 52.0 Å². The van der Waals surface area contributed by atoms with Gasteiger partial charge in [0.25, 0.3) is 0 Å². The highest BCUT2D eigenvalue weighted by molar-refractivity contribution is 5.78. The van der Waals surface area contributed by atoms with Crippen LogP contribution in [0.1, 0.15) is 51.7 Å². The minimum absolute atomic E-state index is 0.385. The summed E-state index contributed by atoms with van der Waals surface area (Å²) in [6.07, 6.45) is 3.41. The van der Waals surface area contributed by atoms with Crippen LogP contribution in [0.5, 0.6) is 0 Å². The van der Waals surface area contributed by atoms with Crippen molar-refractivity contribution in [1.82, 2.24) is 0 Å². The zero-order chi connectivity index (χ0) is 13.5. The van der Waals surface area contributed by atoms with Crippen LogP contribution in [-0.4, -0.2) is 5.78 Å². The average molecular weight is 246 g/mol. The van der Waals surface area contributed by atoms with Crippen molar-refractivity contribution in [3.63, 3.8) is 0 Å². The maximum atomic E-state index is 11.6. The molecule has 0 atom stereocenters. The van der Waals surface area contributed by atoms with E-state index in [0.717, 1.165) is 12.8 Å². The van der Waals surface area contributed by atoms with Gasteiger partial charge in [0, 0.05) is 12.8 Å². The maximum absolute atomic E-state index is 11.6. The Labute approximate surface area is 112 Å². The first-order valence-corrected chi connectivity index (χ1v) is 7.07. The van der Waals surface area contributed by atoms with Gasteiger partial charge >= 0.3 is 0 Å². The van der Waals surface area contributed by atoms with Crippen LogP contribution in [0.4, 0.5) is 0 Å². The van der Waals surface area contributed by atoms with E-state index in [-0.39, 0.29) is 0 Å². The summed E-state index contributed by atoms with van der Waals surface area (Å²) in [5, 5.41) is 0. The molecule has 18 heavy (non-hydrogen) atoms. The summed E-state index contributed by atoms with van der Waals surface area (Å²) < 4.78 is 0. The molecule has 0 saturated heterocycles. The molecule has 0 aliphatic heterocycles. The minimum atomic E-state index is 0.385. The van der Waals surface area contributed by atoms with E-state index in [1.54, 1.807) is 0 Å². The van der Waals surface area contributed by atoms with E-state index < -0.39 is 0 Å². The van der Waals surface area contributed by atoms with E-state index in [2.05, 4.69) is 52.0 Å². The quantitative estimate of drug-likeness (QED) is 0.695. The van der Waals surface area contributed by atoms with Crippen LogP contribution in [0.3, 0.4) is 0 Å². The lowest BCUT2D eigenvalue weighted by Gasteiger charge is -2.07. The van der Waals surface area contributed by atoms with Gasteiger partial charge in [-0.3, -0.25) is 4.79 Å². The summed E-state index contributed by atoms with van der Waals surface area (Å²) in [5.74, 6) is 1.56. The smallest absolute Gasteiger partial charge is 0.133 e. The molecule has 0 aromatic heterocycles. The second-order valence-corrected chi connectivity index (χ2v) is 6.05. The molecular weight excluding hydrogens is 220 g/mol. The Morgan fingerprint density at radius 2 is 1.50 bits per heavy atom. The van der Waals surface area contributed by atoms with E-state index >= 15 is 0 Å². The number of rotatable bonds is 7. The molecule has 0 spiro atoms. The zero-order valence-electron chi connectivity index (χ0n) is 12.2. The normalized spacial score (nSPS) is 11.2. The number of benzene rings is 1. The molecule has 0 bridgehead atoms. The average Bonchev–Trinajstić information content (AvgIpc) is 2.26. The summed E-state index contributed by atoms with van der Waals surface area (Å²) in [4.78, 5) is 11.6. The van der Waals surface area contributed by atoms with Gasteiger partial charge in [0.1, 0.15) is 5.78 Å². The molecule has 1 aromatic rings. The highest BCUT2D eigenvalue weighted by atomic mass is 16.1. The molecule has 0 aliphatic rings. The number of hydrogen-bond acceptors (Lipinski definition) is 1. The predicted molar refractivity (Wildman–Crippen MR) is 77.8 cm³/mol. The lowest BCUT2D eigenvalue weighted by Crippen LogP contribution is -2.04. The van der Waals surface area contributed by atoms with Gasteiger partial charge < -0.3 is 0 Å². The van der Waals surface area contributed by atoms with Crippen molar-refractivity contribution in [2.75, 3.05) is 0 Å². The van der Waals surface area contributed by atoms with Crippen LogP contribution in [-0.2, 0) is 17.6 Å². The van der Waals surface area contributed by atoms with Crippen molar-refractivity contribution < 1.29 is 4.79 Å². The Kier molecular flexibility index (Phi) is 6.11. The molecular formula is C17H26O. The Balaban J connectivity index is 2.41. The monoisotopic (exact) mass is 246 g/mol. The van der Waals surface area contributed by atoms with Crippen LogP contribution in [0.2, 0.25) is 0 Å². The summed E-state index contributed by atoms with van der Waals surface area (Å²) in [5.41, 5.74) is 2.67. The first-order chi connectivity index (χ1) is 8.47. The summed E-state index contributed by atoms with van der Waals surface area (Å²) in [7, 11) is 0. The van der Waals surface area contributed by atoms with Gasteiger partial charge in [-0.05, 0) is 35.8 Å². The van der Waals surface area contributed by atoms with Crippen molar-refractivity contribution >= 4 is 5.78 Å². The predicted octanol–water partition coefficient (Wildman–Crippen LogP) is 4.43. The molecule has 1 heteroatoms. The van der Waals surface area contributed by atoms with Gasteiger partial charge in [0.2, 0.25) is 0 Å². The van der Waals surface area contributed by atoms with Crippen molar-refractivity contribution in [2.24, 2.45) is 11.8 Å². The Hall–Kier alpha value is -1.11. The van der Waals surface area contributed by atoms with Crippen LogP contribution in [0.15, 0.2) is 24.3 Å². The van der Waals surface area contributed by atoms with Crippen molar-refractivity contribution in [2.45, 2.75) is 53.4 Å². The van der Waals surface area contributed by atoms with E-state index in [1.807, 2.05) is 0 Å². The number of carbonyl (C=O) groups excluding carboxylic acids is 1. The molecule has 0 fully saturated rings. The van der Waals surface area contributed by atoms with Crippen LogP contribution in [0, 0.1) is 11.8 Å². The molecule has 0 aliphatic carbocycles. The molecule has 0 heterocycles. The fourth-order valence-electron chi connectivity index (χ4n) is 2.15. The largest absolute Gasteiger partial charge is 0.300 e. The molecule has 1 nitrogen and oxygen atoms in total. The maximum Gasteiger partial charge on any atom is 0.133 e. The van der Waals surface area contributed by atoms with Crippen LogP contribution < -0.4 is 0 Å². The SMILES string of the molecule is CC(C)CC(=O)CCc1ccc(CC(C)C)cc1. The summed E-state index contributed by atoms with van der Waals surface area (Å²) in [6.45, 7) is 8.66. The lowest BCUT2D eigenvalue weighted by atomic mass is 9.98. The van der Waals surface area contributed by atoms with E-state index in [4.69, 9.17) is 0 Å². The van der Waals surface area contributed by atoms with Gasteiger partial charge in [-0.25, -0.2) is 0 Å². The van der Waals surface area contributed by atoms with E-state index in [9.17, 15) is 4.79 Å². The first kappa shape index (κ1) is 14.9. The number of ketones is 1. The summed E-state index contributed by atoms with van der Waals surface area (Å²) in [6, 6.07) is 8.73. The Bertz CT molecular complexity index is 360. The van der Waals surface area contributed by atoms with Gasteiger partial charge in [-0.2, -0.15) is 0 Å². The van der Waals surface area contributed by atoms with Crippen molar-refractivity contribution in [3.8, 4) is 0 Å². The topological polar surface area (TPSA) is 17.1 Å². The highest BCUT2D eigenvalue weighted by Gasteiger charge is 2.05. The minimum Gasteiger partial charge on any atom is -0.300 e. The fraction of sp³-hybridized carbons (Fsp3) is 0.588. The van der Waals surface area contributed by atoms with Crippen LogP contribution in [0.25, 0.3) is 0 Å². The fourth-order valence-corrected chi connectivity index (χ4v) is 2.15. The number of Topliss-reactive ketones (excluding diaryl/α,β-unsaturated/α-hetero) is 1. The molecule has 1 aromatic carbocycles. The lowest BCUT2D eigenvalue weighted by molar-refractivity contribution is -0.119. The third-order valence-corrected chi connectivity index (χ3v) is 3.00. The molecule has 0 unspecified atom stereocenters. The highest BCUT2D eigenvalue weighted by Crippen LogP contribution is 2.12. The standard InChI is InChI=1S/C17H26O/c1-13(2)11-16-7-5-15(6-8-16)9-10-17(18)12-14(3)4/h5-8,13-14H,9-12H2,1-4H3. The molecule has 0 N–H and O–H groups in total. The number of carbonyl (C=O) groups is 1. The first-order valence-electron chi connectivity index (χ1n) is 7.07. The van der Waals surface area contributed by atoms with Crippen molar-refractivity contribution in [3.05, 3.63) is 35.4 Å². The third-order valence-electron chi connectivity index (χ3n) is 3.00. The molecule has 0 amide bonds. The van der Waals surface area contributed by atoms with Crippen LogP contribution >= 0.6 is 0 Å². The van der Waals surface area contributed by atoms with Crippen molar-refractivity contribution in [1.29, 1.82) is 0 Å². The third kappa shape index (κ3) is 6.00. The number of hydrogen-bond donors (Lipinski definition) is 0. The molecule has 1 rings (SSSR count). The molecule has 100 valence electrons. The molecule has 0 radical (unpaired) electrons. The molecule has 0 saturated carbocycles. The Morgan fingerprint density at radius 3 is 2.00 bits per heavy atom. The van der Waals surface area contributed by atoms with Gasteiger partial charge in [-0.15, -0.1) is 0 Å². The Morgan fingerprint density at radius 1 is 0.944 bits per heavy atom. The van der Waals surface area contributed by atoms with Gasteiger partial charge in [0.15, 0.2) is 0 Å². The van der Waals surface area contributed by atoms with E-state index in [0.29, 0.717) is 30.5 Å². The zero-order valence-corrected chi connectivity index (χ0v) is 12.2. The summed E-state index contributed by atoms with van der Waals surface area (Å²) >= 11 is 0. The second kappa shape index (κ2) is 7.35.